The fourth-order valence-electron chi connectivity index (χ4n) is 6.35. The molecule has 45 heavy (non-hydrogen) atoms. The van der Waals surface area contributed by atoms with Crippen molar-refractivity contribution in [3.05, 3.63) is 29.3 Å². The zero-order valence-electron chi connectivity index (χ0n) is 29.1. The van der Waals surface area contributed by atoms with E-state index in [9.17, 15) is 14.4 Å². The van der Waals surface area contributed by atoms with Gasteiger partial charge >= 0.3 is 6.09 Å². The molecule has 2 fully saturated rings. The van der Waals surface area contributed by atoms with E-state index >= 15 is 0 Å². The Balaban J connectivity index is 1.78. The van der Waals surface area contributed by atoms with Crippen LogP contribution in [0.25, 0.3) is 0 Å². The monoisotopic (exact) mass is 631 g/mol. The van der Waals surface area contributed by atoms with Crippen molar-refractivity contribution in [2.24, 2.45) is 17.8 Å². The van der Waals surface area contributed by atoms with Gasteiger partial charge in [-0.3, -0.25) is 9.59 Å². The van der Waals surface area contributed by atoms with E-state index in [4.69, 9.17) is 18.9 Å². The predicted octanol–water partition coefficient (Wildman–Crippen LogP) is 5.41. The van der Waals surface area contributed by atoms with E-state index in [-0.39, 0.29) is 47.8 Å². The molecule has 1 aliphatic carbocycles. The molecule has 10 heteroatoms. The van der Waals surface area contributed by atoms with Crippen molar-refractivity contribution in [1.82, 2.24) is 14.7 Å². The van der Waals surface area contributed by atoms with Gasteiger partial charge in [0.25, 0.3) is 5.91 Å². The van der Waals surface area contributed by atoms with Crippen LogP contribution in [0, 0.1) is 24.7 Å². The van der Waals surface area contributed by atoms with Crippen LogP contribution in [0.4, 0.5) is 4.79 Å². The molecule has 0 spiro atoms. The van der Waals surface area contributed by atoms with E-state index in [2.05, 4.69) is 0 Å². The minimum atomic E-state index is -0.618. The molecule has 1 saturated carbocycles. The highest BCUT2D eigenvalue weighted by Gasteiger charge is 2.41. The van der Waals surface area contributed by atoms with E-state index in [0.29, 0.717) is 50.7 Å². The molecular formula is C35H57N3O7. The highest BCUT2D eigenvalue weighted by molar-refractivity contribution is 5.95. The van der Waals surface area contributed by atoms with Crippen molar-refractivity contribution in [2.75, 3.05) is 60.7 Å². The van der Waals surface area contributed by atoms with E-state index in [1.807, 2.05) is 76.6 Å². The maximum Gasteiger partial charge on any atom is 0.410 e. The molecule has 1 aliphatic heterocycles. The molecule has 254 valence electrons. The summed E-state index contributed by atoms with van der Waals surface area (Å²) in [5, 5.41) is 0. The van der Waals surface area contributed by atoms with Gasteiger partial charge < -0.3 is 33.6 Å². The van der Waals surface area contributed by atoms with Gasteiger partial charge in [-0.25, -0.2) is 4.79 Å². The summed E-state index contributed by atoms with van der Waals surface area (Å²) < 4.78 is 22.3. The average Bonchev–Trinajstić information content (AvgIpc) is 3.39. The number of ether oxygens (including phenoxy) is 4. The number of hydrogen-bond donors (Lipinski definition) is 0. The first-order chi connectivity index (χ1) is 21.2. The molecule has 2 atom stereocenters. The van der Waals surface area contributed by atoms with E-state index in [0.717, 1.165) is 37.7 Å². The highest BCUT2D eigenvalue weighted by Crippen LogP contribution is 2.31. The maximum atomic E-state index is 14.0. The number of nitrogens with zero attached hydrogens (tertiary/aromatic N) is 3. The first-order valence-electron chi connectivity index (χ1n) is 16.5. The standard InChI is InChI=1S/C35H57N3O7/c1-24(2)38(33(40)27-12-11-25(3)31(19-27)44-18-10-17-42-8)23-29-22-37(34(41)45-35(4,5)6)21-28(29)20-36(7)32(39)26-13-15-30(43-9)16-14-26/h11-12,19,24,26,28-30H,10,13-18,20-23H2,1-9H3/t26?,28-,29+,30?/m1/s1. The van der Waals surface area contributed by atoms with Crippen LogP contribution in [0.1, 0.15) is 82.6 Å². The van der Waals surface area contributed by atoms with Gasteiger partial charge in [-0.05, 0) is 84.9 Å². The summed E-state index contributed by atoms with van der Waals surface area (Å²) in [6.07, 6.45) is 4.06. The van der Waals surface area contributed by atoms with Crippen LogP contribution in [-0.2, 0) is 19.0 Å². The normalized spacial score (nSPS) is 22.0. The second kappa shape index (κ2) is 16.6. The average molecular weight is 632 g/mol. The fraction of sp³-hybridized carbons (Fsp3) is 0.743. The summed E-state index contributed by atoms with van der Waals surface area (Å²) in [4.78, 5) is 46.1. The summed E-state index contributed by atoms with van der Waals surface area (Å²) in [6.45, 7) is 14.6. The third kappa shape index (κ3) is 10.6. The van der Waals surface area contributed by atoms with Crippen molar-refractivity contribution in [3.8, 4) is 5.75 Å². The quantitative estimate of drug-likeness (QED) is 0.269. The van der Waals surface area contributed by atoms with Gasteiger partial charge in [0.2, 0.25) is 5.91 Å². The van der Waals surface area contributed by atoms with Crippen LogP contribution in [0.15, 0.2) is 18.2 Å². The Hall–Kier alpha value is -2.85. The van der Waals surface area contributed by atoms with Crippen LogP contribution < -0.4 is 4.74 Å². The number of aryl methyl sites for hydroxylation is 1. The molecule has 10 nitrogen and oxygen atoms in total. The summed E-state index contributed by atoms with van der Waals surface area (Å²) in [5.74, 6) is 0.709. The number of hydrogen-bond acceptors (Lipinski definition) is 7. The maximum absolute atomic E-state index is 14.0. The van der Waals surface area contributed by atoms with Crippen LogP contribution in [0.2, 0.25) is 0 Å². The lowest BCUT2D eigenvalue weighted by Crippen LogP contribution is -2.44. The predicted molar refractivity (Wildman–Crippen MR) is 175 cm³/mol. The smallest absolute Gasteiger partial charge is 0.410 e. The lowest BCUT2D eigenvalue weighted by Gasteiger charge is -2.34. The SMILES string of the molecule is COCCCOc1cc(C(=O)N(C[C@@H]2CN(C(=O)OC(C)(C)C)C[C@H]2CN(C)C(=O)C2CCC(OC)CC2)C(C)C)ccc1C. The third-order valence-corrected chi connectivity index (χ3v) is 8.97. The minimum absolute atomic E-state index is 0.00599. The number of methoxy groups -OCH3 is 2. The Bertz CT molecular complexity index is 1130. The molecule has 3 rings (SSSR count). The van der Waals surface area contributed by atoms with E-state index < -0.39 is 5.60 Å². The summed E-state index contributed by atoms with van der Waals surface area (Å²) in [6, 6.07) is 5.51. The number of rotatable bonds is 13. The Morgan fingerprint density at radius 2 is 1.62 bits per heavy atom. The number of likely N-dealkylation sites (tertiary alicyclic amines) is 1. The summed E-state index contributed by atoms with van der Waals surface area (Å²) in [7, 11) is 5.26. The molecular weight excluding hydrogens is 574 g/mol. The van der Waals surface area contributed by atoms with E-state index in [1.165, 1.54) is 0 Å². The Kier molecular flexibility index (Phi) is 13.5. The van der Waals surface area contributed by atoms with E-state index in [1.54, 1.807) is 19.1 Å². The van der Waals surface area contributed by atoms with Crippen LogP contribution in [0.3, 0.4) is 0 Å². The fourth-order valence-corrected chi connectivity index (χ4v) is 6.35. The Morgan fingerprint density at radius 1 is 0.978 bits per heavy atom. The Labute approximate surface area is 270 Å². The molecule has 3 amide bonds. The van der Waals surface area contributed by atoms with Gasteiger partial charge in [-0.15, -0.1) is 0 Å². The second-order valence-corrected chi connectivity index (χ2v) is 14.1. The van der Waals surface area contributed by atoms with Crippen molar-refractivity contribution in [3.63, 3.8) is 0 Å². The number of benzene rings is 1. The lowest BCUT2D eigenvalue weighted by atomic mass is 9.86. The van der Waals surface area contributed by atoms with Crippen LogP contribution in [0.5, 0.6) is 5.75 Å². The van der Waals surface area contributed by atoms with Crippen LogP contribution >= 0.6 is 0 Å². The van der Waals surface area contributed by atoms with Gasteiger partial charge in [-0.1, -0.05) is 6.07 Å². The molecule has 1 aromatic carbocycles. The van der Waals surface area contributed by atoms with Gasteiger partial charge in [0, 0.05) is 89.8 Å². The molecule has 0 unspecified atom stereocenters. The molecule has 2 aliphatic rings. The first kappa shape index (κ1) is 36.6. The summed E-state index contributed by atoms with van der Waals surface area (Å²) in [5.41, 5.74) is 0.911. The van der Waals surface area contributed by atoms with Gasteiger partial charge in [0.15, 0.2) is 0 Å². The lowest BCUT2D eigenvalue weighted by molar-refractivity contribution is -0.136. The highest BCUT2D eigenvalue weighted by atomic mass is 16.6. The minimum Gasteiger partial charge on any atom is -0.493 e. The zero-order chi connectivity index (χ0) is 33.3. The van der Waals surface area contributed by atoms with Gasteiger partial charge in [0.05, 0.1) is 12.7 Å². The van der Waals surface area contributed by atoms with Gasteiger partial charge in [0.1, 0.15) is 11.4 Å². The summed E-state index contributed by atoms with van der Waals surface area (Å²) >= 11 is 0. The van der Waals surface area contributed by atoms with Crippen molar-refractivity contribution < 1.29 is 33.3 Å². The van der Waals surface area contributed by atoms with Crippen molar-refractivity contribution >= 4 is 17.9 Å². The first-order valence-corrected chi connectivity index (χ1v) is 16.5. The Morgan fingerprint density at radius 3 is 2.20 bits per heavy atom. The third-order valence-electron chi connectivity index (χ3n) is 8.97. The van der Waals surface area contributed by atoms with Crippen molar-refractivity contribution in [1.29, 1.82) is 0 Å². The zero-order valence-corrected chi connectivity index (χ0v) is 29.1. The largest absolute Gasteiger partial charge is 0.493 e. The molecule has 1 saturated heterocycles. The molecule has 1 aromatic rings. The molecule has 0 radical (unpaired) electrons. The molecule has 0 N–H and O–H groups in total. The van der Waals surface area contributed by atoms with Gasteiger partial charge in [-0.2, -0.15) is 0 Å². The molecule has 0 bridgehead atoms. The molecule has 0 aromatic heterocycles. The number of carbonyl (C=O) groups excluding carboxylic acids is 3. The van der Waals surface area contributed by atoms with Crippen molar-refractivity contribution in [2.45, 2.75) is 91.4 Å². The second-order valence-electron chi connectivity index (χ2n) is 14.1. The number of amides is 3. The van der Waals surface area contributed by atoms with Crippen LogP contribution in [-0.4, -0.2) is 111 Å². The number of carbonyl (C=O) groups is 3. The topological polar surface area (TPSA) is 97.9 Å². The molecule has 1 heterocycles.